The molecule has 1 aliphatic heterocycles. The van der Waals surface area contributed by atoms with Crippen molar-refractivity contribution in [3.05, 3.63) is 5.21 Å². The average Bonchev–Trinajstić information content (AvgIpc) is 2.16. The van der Waals surface area contributed by atoms with Gasteiger partial charge in [0.25, 0.3) is 0 Å². The fraction of sp³-hybridized carbons (Fsp3) is 0.500. The maximum absolute atomic E-state index is 10.9. The minimum atomic E-state index is -1.24. The zero-order chi connectivity index (χ0) is 6.91. The van der Waals surface area contributed by atoms with Gasteiger partial charge in [-0.05, 0) is 0 Å². The van der Waals surface area contributed by atoms with E-state index in [1.165, 1.54) is 6.21 Å². The first-order valence-corrected chi connectivity index (χ1v) is 2.58. The van der Waals surface area contributed by atoms with Gasteiger partial charge >= 0.3 is 6.03 Å². The molecule has 1 unspecified atom stereocenters. The zero-order valence-corrected chi connectivity index (χ0v) is 4.78. The van der Waals surface area contributed by atoms with Crippen LogP contribution in [0.3, 0.4) is 0 Å². The van der Waals surface area contributed by atoms with Crippen molar-refractivity contribution in [1.29, 1.82) is 0 Å². The minimum Gasteiger partial charge on any atom is -0.596 e. The number of quaternary nitrogens is 1. The van der Waals surface area contributed by atoms with E-state index in [4.69, 9.17) is 5.73 Å². The molecule has 9 heavy (non-hydrogen) atoms. The van der Waals surface area contributed by atoms with Crippen LogP contribution >= 0.6 is 0 Å². The quantitative estimate of drug-likeness (QED) is 0.362. The van der Waals surface area contributed by atoms with E-state index in [-0.39, 0.29) is 6.54 Å². The summed E-state index contributed by atoms with van der Waals surface area (Å²) in [6, 6.07) is -0.941. The summed E-state index contributed by atoms with van der Waals surface area (Å²) >= 11 is 0. The molecule has 0 aromatic rings. The van der Waals surface area contributed by atoms with E-state index < -0.39 is 10.8 Å². The van der Waals surface area contributed by atoms with Crippen molar-refractivity contribution in [1.82, 2.24) is 0 Å². The van der Waals surface area contributed by atoms with E-state index in [2.05, 4.69) is 5.10 Å². The maximum atomic E-state index is 10.9. The Balaban J connectivity index is 2.74. The molecular weight excluding hydrogens is 122 g/mol. The Morgan fingerprint density at radius 2 is 2.56 bits per heavy atom. The van der Waals surface area contributed by atoms with E-state index in [9.17, 15) is 10.0 Å². The predicted octanol–water partition coefficient (Wildman–Crippen LogP) is -0.231. The second-order valence-electron chi connectivity index (χ2n) is 1.85. The van der Waals surface area contributed by atoms with Gasteiger partial charge in [0.1, 0.15) is 6.54 Å². The van der Waals surface area contributed by atoms with Crippen molar-refractivity contribution >= 4 is 12.2 Å². The molecule has 0 fully saturated rings. The first-order valence-electron chi connectivity index (χ1n) is 2.58. The van der Waals surface area contributed by atoms with Crippen molar-refractivity contribution < 1.29 is 9.55 Å². The number of carbonyl (C=O) groups is 1. The topological polar surface area (TPSA) is 78.5 Å². The molecule has 1 rings (SSSR count). The first-order chi connectivity index (χ1) is 4.15. The molecular formula is C4H7N3O2. The highest BCUT2D eigenvalue weighted by Crippen LogP contribution is 2.10. The van der Waals surface area contributed by atoms with Gasteiger partial charge in [0, 0.05) is 6.42 Å². The van der Waals surface area contributed by atoms with Gasteiger partial charge in [-0.1, -0.05) is 5.10 Å². The molecule has 5 nitrogen and oxygen atoms in total. The summed E-state index contributed by atoms with van der Waals surface area (Å²) in [7, 11) is 0. The molecule has 1 heterocycles. The molecule has 0 radical (unpaired) electrons. The Labute approximate surface area is 51.9 Å². The molecule has 0 aliphatic carbocycles. The minimum absolute atomic E-state index is 0.148. The SMILES string of the molecule is NC(=O)[N+]1([O-])CCC=N1. The van der Waals surface area contributed by atoms with E-state index in [1.807, 2.05) is 0 Å². The van der Waals surface area contributed by atoms with Crippen molar-refractivity contribution in [2.75, 3.05) is 6.54 Å². The van der Waals surface area contributed by atoms with Gasteiger partial charge in [-0.25, -0.2) is 4.79 Å². The van der Waals surface area contributed by atoms with E-state index in [0.717, 1.165) is 0 Å². The molecule has 0 aromatic heterocycles. The van der Waals surface area contributed by atoms with Gasteiger partial charge in [-0.3, -0.25) is 0 Å². The summed E-state index contributed by atoms with van der Waals surface area (Å²) in [4.78, 5) is 10.3. The van der Waals surface area contributed by atoms with Crippen LogP contribution < -0.4 is 5.73 Å². The van der Waals surface area contributed by atoms with Crippen molar-refractivity contribution in [2.24, 2.45) is 10.8 Å². The second-order valence-corrected chi connectivity index (χ2v) is 1.85. The lowest BCUT2D eigenvalue weighted by Gasteiger charge is -2.25. The van der Waals surface area contributed by atoms with Crippen LogP contribution in [0.4, 0.5) is 4.79 Å². The van der Waals surface area contributed by atoms with E-state index >= 15 is 0 Å². The van der Waals surface area contributed by atoms with Gasteiger partial charge in [-0.15, -0.1) is 4.76 Å². The third kappa shape index (κ3) is 0.914. The van der Waals surface area contributed by atoms with Crippen LogP contribution in [-0.2, 0) is 0 Å². The summed E-state index contributed by atoms with van der Waals surface area (Å²) in [6.45, 7) is 0.148. The van der Waals surface area contributed by atoms with Crippen molar-refractivity contribution in [2.45, 2.75) is 6.42 Å². The van der Waals surface area contributed by atoms with Crippen LogP contribution in [0.1, 0.15) is 6.42 Å². The summed E-state index contributed by atoms with van der Waals surface area (Å²) in [5.74, 6) is 0. The number of nitrogens with two attached hydrogens (primary N) is 1. The van der Waals surface area contributed by atoms with Crippen LogP contribution in [0.5, 0.6) is 0 Å². The molecule has 2 N–H and O–H groups in total. The van der Waals surface area contributed by atoms with E-state index in [0.29, 0.717) is 6.42 Å². The van der Waals surface area contributed by atoms with Gasteiger partial charge in [0.15, 0.2) is 0 Å². The highest BCUT2D eigenvalue weighted by Gasteiger charge is 2.26. The number of urea groups is 1. The summed E-state index contributed by atoms with van der Waals surface area (Å²) in [5, 5.41) is 14.2. The molecule has 0 spiro atoms. The maximum Gasteiger partial charge on any atom is 0.440 e. The highest BCUT2D eigenvalue weighted by atomic mass is 16.6. The molecule has 50 valence electrons. The molecule has 0 bridgehead atoms. The molecule has 0 saturated carbocycles. The number of carbonyl (C=O) groups excluding carboxylic acids is 1. The van der Waals surface area contributed by atoms with Crippen LogP contribution in [0.15, 0.2) is 5.10 Å². The number of hydrogen-bond donors (Lipinski definition) is 1. The van der Waals surface area contributed by atoms with Gasteiger partial charge < -0.3 is 10.9 Å². The Morgan fingerprint density at radius 3 is 2.78 bits per heavy atom. The van der Waals surface area contributed by atoms with Crippen LogP contribution in [-0.4, -0.2) is 23.5 Å². The molecule has 1 atom stereocenters. The zero-order valence-electron chi connectivity index (χ0n) is 4.78. The number of rotatable bonds is 0. The first kappa shape index (κ1) is 6.18. The Morgan fingerprint density at radius 1 is 1.89 bits per heavy atom. The Bertz CT molecular complexity index is 167. The second kappa shape index (κ2) is 1.78. The van der Waals surface area contributed by atoms with Crippen LogP contribution in [0.2, 0.25) is 0 Å². The molecule has 5 heteroatoms. The van der Waals surface area contributed by atoms with Gasteiger partial charge in [-0.2, -0.15) is 0 Å². The van der Waals surface area contributed by atoms with Gasteiger partial charge in [0.2, 0.25) is 0 Å². The fourth-order valence-corrected chi connectivity index (χ4v) is 0.647. The standard InChI is InChI=1S/C4H7N3O2/c5-4(8)7(9)3-1-2-6-7/h2H,1,3H2,(H2,5,8). The van der Waals surface area contributed by atoms with Crippen LogP contribution in [0.25, 0.3) is 0 Å². The average molecular weight is 129 g/mol. The number of hydrogen-bond acceptors (Lipinski definition) is 3. The fourth-order valence-electron chi connectivity index (χ4n) is 0.647. The van der Waals surface area contributed by atoms with Crippen molar-refractivity contribution in [3.63, 3.8) is 0 Å². The van der Waals surface area contributed by atoms with Gasteiger partial charge in [0.05, 0.1) is 6.21 Å². The van der Waals surface area contributed by atoms with Crippen molar-refractivity contribution in [3.8, 4) is 0 Å². The molecule has 2 amide bonds. The summed E-state index contributed by atoms with van der Waals surface area (Å²) < 4.78 is -1.24. The Hall–Kier alpha value is -0.940. The monoisotopic (exact) mass is 129 g/mol. The lowest BCUT2D eigenvalue weighted by Crippen LogP contribution is -2.44. The summed E-state index contributed by atoms with van der Waals surface area (Å²) in [6.07, 6.45) is 1.95. The number of hydroxylamine groups is 2. The lowest BCUT2D eigenvalue weighted by molar-refractivity contribution is -0.797. The normalized spacial score (nSPS) is 33.0. The number of amides is 2. The third-order valence-electron chi connectivity index (χ3n) is 1.17. The highest BCUT2D eigenvalue weighted by molar-refractivity contribution is 5.68. The third-order valence-corrected chi connectivity index (χ3v) is 1.17. The summed E-state index contributed by atoms with van der Waals surface area (Å²) in [5.41, 5.74) is 4.74. The largest absolute Gasteiger partial charge is 0.596 e. The van der Waals surface area contributed by atoms with Crippen LogP contribution in [0, 0.1) is 5.21 Å². The lowest BCUT2D eigenvalue weighted by atomic mass is 10.5. The molecule has 0 aromatic carbocycles. The molecule has 1 aliphatic rings. The smallest absolute Gasteiger partial charge is 0.440 e. The number of nitrogens with zero attached hydrogens (tertiary/aromatic N) is 2. The predicted molar refractivity (Wildman–Crippen MR) is 31.2 cm³/mol. The Kier molecular flexibility index (Phi) is 1.22. The number of primary amides is 1. The van der Waals surface area contributed by atoms with E-state index in [1.54, 1.807) is 0 Å². The molecule has 0 saturated heterocycles.